The van der Waals surface area contributed by atoms with Gasteiger partial charge in [-0.05, 0) is 59.2 Å². The van der Waals surface area contributed by atoms with Crippen molar-refractivity contribution in [2.75, 3.05) is 25.0 Å². The topological polar surface area (TPSA) is 95.9 Å². The minimum atomic E-state index is -1.02. The van der Waals surface area contributed by atoms with Crippen molar-refractivity contribution in [3.63, 3.8) is 0 Å². The first-order valence-electron chi connectivity index (χ1n) is 15.1. The number of carboxylic acid groups (broad SMARTS) is 1. The van der Waals surface area contributed by atoms with Gasteiger partial charge in [-0.2, -0.15) is 0 Å². The summed E-state index contributed by atoms with van der Waals surface area (Å²) in [5.41, 5.74) is 2.86. The predicted octanol–water partition coefficient (Wildman–Crippen LogP) is 7.11. The molecule has 0 aliphatic heterocycles. The second kappa shape index (κ2) is 14.8. The van der Waals surface area contributed by atoms with Gasteiger partial charge in [0.1, 0.15) is 18.4 Å². The van der Waals surface area contributed by atoms with Crippen LogP contribution in [0.5, 0.6) is 5.75 Å². The molecule has 0 saturated heterocycles. The molecule has 0 aliphatic carbocycles. The maximum absolute atomic E-state index is 13.3. The van der Waals surface area contributed by atoms with E-state index in [1.165, 1.54) is 0 Å². The van der Waals surface area contributed by atoms with Crippen LogP contribution < -0.4 is 10.1 Å². The number of benzene rings is 5. The summed E-state index contributed by atoms with van der Waals surface area (Å²) in [6, 6.07) is 35.9. The van der Waals surface area contributed by atoms with Gasteiger partial charge in [-0.3, -0.25) is 9.59 Å². The highest BCUT2D eigenvalue weighted by Crippen LogP contribution is 2.22. The van der Waals surface area contributed by atoms with Crippen molar-refractivity contribution < 1.29 is 24.2 Å². The maximum Gasteiger partial charge on any atom is 0.326 e. The lowest BCUT2D eigenvalue weighted by Gasteiger charge is -2.22. The Bertz CT molecular complexity index is 1770. The highest BCUT2D eigenvalue weighted by atomic mass is 16.5. The lowest BCUT2D eigenvalue weighted by molar-refractivity contribution is -0.137. The molecule has 0 spiro atoms. The largest absolute Gasteiger partial charge is 0.492 e. The number of carboxylic acids is 1. The van der Waals surface area contributed by atoms with Crippen molar-refractivity contribution in [1.29, 1.82) is 0 Å². The monoisotopic (exact) mass is 600 g/mol. The average Bonchev–Trinajstić information content (AvgIpc) is 3.08. The molecule has 0 aromatic heterocycles. The Hall–Kier alpha value is -5.43. The molecule has 0 radical (unpaired) electrons. The molecule has 0 aliphatic rings. The molecule has 0 bridgehead atoms. The van der Waals surface area contributed by atoms with Gasteiger partial charge in [0.15, 0.2) is 5.78 Å². The van der Waals surface area contributed by atoms with Crippen LogP contribution in [0.15, 0.2) is 121 Å². The fraction of sp³-hybridized carbons (Fsp3) is 0.184. The summed E-state index contributed by atoms with van der Waals surface area (Å²) in [6.45, 7) is 3.43. The van der Waals surface area contributed by atoms with E-state index < -0.39 is 12.0 Å². The number of fused-ring (bicyclic) bond motifs is 1. The SMILES string of the molecule is CCCN(CCOc1ccc(C[C@H](Nc2ccccc2C(=O)c2ccccc2)C(=O)O)cc1)C(=O)c1ccc2ccccc2c1. The summed E-state index contributed by atoms with van der Waals surface area (Å²) in [6.07, 6.45) is 1.03. The van der Waals surface area contributed by atoms with Crippen molar-refractivity contribution in [3.8, 4) is 5.75 Å². The first-order valence-corrected chi connectivity index (χ1v) is 15.1. The van der Waals surface area contributed by atoms with Crippen molar-refractivity contribution in [1.82, 2.24) is 4.90 Å². The van der Waals surface area contributed by atoms with E-state index in [4.69, 9.17) is 4.74 Å². The van der Waals surface area contributed by atoms with E-state index in [1.54, 1.807) is 60.7 Å². The Balaban J connectivity index is 1.19. The molecule has 228 valence electrons. The molecule has 45 heavy (non-hydrogen) atoms. The van der Waals surface area contributed by atoms with Gasteiger partial charge in [0.05, 0.1) is 6.54 Å². The molecule has 0 fully saturated rings. The number of hydrogen-bond acceptors (Lipinski definition) is 5. The molecule has 5 rings (SSSR count). The number of nitrogens with one attached hydrogen (secondary N) is 1. The first kappa shape index (κ1) is 31.0. The zero-order chi connectivity index (χ0) is 31.6. The van der Waals surface area contributed by atoms with Crippen LogP contribution in [0.25, 0.3) is 10.8 Å². The van der Waals surface area contributed by atoms with Crippen molar-refractivity contribution in [3.05, 3.63) is 144 Å². The van der Waals surface area contributed by atoms with Crippen LogP contribution >= 0.6 is 0 Å². The fourth-order valence-electron chi connectivity index (χ4n) is 5.26. The molecule has 0 saturated carbocycles. The van der Waals surface area contributed by atoms with Gasteiger partial charge in [0, 0.05) is 35.3 Å². The van der Waals surface area contributed by atoms with E-state index in [0.29, 0.717) is 47.8 Å². The number of hydrogen-bond donors (Lipinski definition) is 2. The molecule has 7 heteroatoms. The van der Waals surface area contributed by atoms with E-state index in [2.05, 4.69) is 5.32 Å². The van der Waals surface area contributed by atoms with Crippen molar-refractivity contribution in [2.24, 2.45) is 0 Å². The number of anilines is 1. The number of carbonyl (C=O) groups excluding carboxylic acids is 2. The molecule has 1 amide bonds. The van der Waals surface area contributed by atoms with Gasteiger partial charge in [-0.15, -0.1) is 0 Å². The van der Waals surface area contributed by atoms with E-state index in [-0.39, 0.29) is 18.1 Å². The third-order valence-corrected chi connectivity index (χ3v) is 7.61. The quantitative estimate of drug-likeness (QED) is 0.132. The highest BCUT2D eigenvalue weighted by molar-refractivity contribution is 6.12. The number of amides is 1. The summed E-state index contributed by atoms with van der Waals surface area (Å²) in [5, 5.41) is 15.2. The number of para-hydroxylation sites is 1. The molecule has 1 atom stereocenters. The van der Waals surface area contributed by atoms with Gasteiger partial charge in [-0.25, -0.2) is 4.79 Å². The predicted molar refractivity (Wildman–Crippen MR) is 177 cm³/mol. The maximum atomic E-state index is 13.3. The number of carbonyl (C=O) groups is 3. The van der Waals surface area contributed by atoms with Gasteiger partial charge >= 0.3 is 5.97 Å². The van der Waals surface area contributed by atoms with Crippen molar-refractivity contribution >= 4 is 34.1 Å². The van der Waals surface area contributed by atoms with Crippen LogP contribution in [0.2, 0.25) is 0 Å². The van der Waals surface area contributed by atoms with Crippen LogP contribution in [0.1, 0.15) is 45.2 Å². The third kappa shape index (κ3) is 7.95. The second-order valence-corrected chi connectivity index (χ2v) is 10.8. The highest BCUT2D eigenvalue weighted by Gasteiger charge is 2.21. The summed E-state index contributed by atoms with van der Waals surface area (Å²) < 4.78 is 5.96. The molecule has 2 N–H and O–H groups in total. The summed E-state index contributed by atoms with van der Waals surface area (Å²) in [7, 11) is 0. The molecule has 5 aromatic rings. The molecule has 5 aromatic carbocycles. The minimum Gasteiger partial charge on any atom is -0.492 e. The zero-order valence-electron chi connectivity index (χ0n) is 25.2. The lowest BCUT2D eigenvalue weighted by Crippen LogP contribution is -2.35. The van der Waals surface area contributed by atoms with Crippen LogP contribution in [0.4, 0.5) is 5.69 Å². The molecule has 0 heterocycles. The summed E-state index contributed by atoms with van der Waals surface area (Å²) >= 11 is 0. The van der Waals surface area contributed by atoms with Gasteiger partial charge in [0.2, 0.25) is 0 Å². The second-order valence-electron chi connectivity index (χ2n) is 10.8. The molecule has 0 unspecified atom stereocenters. The Labute approximate surface area is 263 Å². The Morgan fingerprint density at radius 1 is 0.756 bits per heavy atom. The van der Waals surface area contributed by atoms with Crippen LogP contribution in [0.3, 0.4) is 0 Å². The molecular weight excluding hydrogens is 564 g/mol. The normalized spacial score (nSPS) is 11.5. The Kier molecular flexibility index (Phi) is 10.2. The Morgan fingerprint density at radius 2 is 1.44 bits per heavy atom. The minimum absolute atomic E-state index is 0.0270. The number of aliphatic carboxylic acids is 1. The van der Waals surface area contributed by atoms with Gasteiger partial charge < -0.3 is 20.1 Å². The lowest BCUT2D eigenvalue weighted by atomic mass is 10.00. The van der Waals surface area contributed by atoms with Crippen LogP contribution in [0, 0.1) is 0 Å². The van der Waals surface area contributed by atoms with E-state index in [1.807, 2.05) is 72.5 Å². The van der Waals surface area contributed by atoms with Crippen LogP contribution in [-0.4, -0.2) is 53.4 Å². The summed E-state index contributed by atoms with van der Waals surface area (Å²) in [5.74, 6) is -0.599. The molecular formula is C38H36N2O5. The third-order valence-electron chi connectivity index (χ3n) is 7.61. The number of nitrogens with zero attached hydrogens (tertiary/aromatic N) is 1. The first-order chi connectivity index (χ1) is 21.9. The Morgan fingerprint density at radius 3 is 2.18 bits per heavy atom. The molecule has 7 nitrogen and oxygen atoms in total. The zero-order valence-corrected chi connectivity index (χ0v) is 25.2. The van der Waals surface area contributed by atoms with Gasteiger partial charge in [0.25, 0.3) is 5.91 Å². The number of ketones is 1. The van der Waals surface area contributed by atoms with Crippen LogP contribution in [-0.2, 0) is 11.2 Å². The van der Waals surface area contributed by atoms with E-state index in [9.17, 15) is 19.5 Å². The number of ether oxygens (including phenoxy) is 1. The van der Waals surface area contributed by atoms with Crippen molar-refractivity contribution in [2.45, 2.75) is 25.8 Å². The fourth-order valence-corrected chi connectivity index (χ4v) is 5.26. The van der Waals surface area contributed by atoms with E-state index in [0.717, 1.165) is 22.8 Å². The summed E-state index contributed by atoms with van der Waals surface area (Å²) in [4.78, 5) is 40.4. The smallest absolute Gasteiger partial charge is 0.326 e. The average molecular weight is 601 g/mol. The standard InChI is InChI=1S/C38H36N2O5/c1-2-22-40(37(42)31-19-18-28-10-6-7-13-30(28)26-31)23-24-45-32-20-16-27(17-21-32)25-35(38(43)44)39-34-15-9-8-14-33(34)36(41)29-11-4-3-5-12-29/h3-21,26,35,39H,2,22-25H2,1H3,(H,43,44)/t35-/m0/s1. The van der Waals surface area contributed by atoms with Gasteiger partial charge in [-0.1, -0.05) is 91.9 Å². The number of rotatable bonds is 14. The van der Waals surface area contributed by atoms with E-state index >= 15 is 0 Å².